The molecule has 0 aliphatic heterocycles. The van der Waals surface area contributed by atoms with E-state index in [-0.39, 0.29) is 17.5 Å². The van der Waals surface area contributed by atoms with E-state index in [0.29, 0.717) is 12.4 Å². The van der Waals surface area contributed by atoms with Crippen molar-refractivity contribution in [2.24, 2.45) is 5.73 Å². The summed E-state index contributed by atoms with van der Waals surface area (Å²) in [6.07, 6.45) is 0.877. The molecule has 3 N–H and O–H groups in total. The molecule has 0 aromatic carbocycles. The van der Waals surface area contributed by atoms with Crippen LogP contribution in [0, 0.1) is 0 Å². The van der Waals surface area contributed by atoms with Crippen molar-refractivity contribution >= 4 is 5.82 Å². The van der Waals surface area contributed by atoms with E-state index in [9.17, 15) is 4.79 Å². The molecule has 0 saturated carbocycles. The number of nitrogens with zero attached hydrogens (tertiary/aromatic N) is 2. The quantitative estimate of drug-likeness (QED) is 0.804. The van der Waals surface area contributed by atoms with Crippen LogP contribution in [0.25, 0.3) is 0 Å². The molecule has 1 heterocycles. The number of nitrogens with two attached hydrogens (primary N) is 1. The van der Waals surface area contributed by atoms with Crippen LogP contribution >= 0.6 is 0 Å². The Balaban J connectivity index is 3.01. The molecule has 96 valence electrons. The van der Waals surface area contributed by atoms with E-state index < -0.39 is 0 Å². The molecule has 1 aromatic rings. The number of nitrogens with one attached hydrogen (secondary N) is 1. The van der Waals surface area contributed by atoms with Gasteiger partial charge >= 0.3 is 0 Å². The van der Waals surface area contributed by atoms with Crippen molar-refractivity contribution in [3.8, 4) is 0 Å². The Morgan fingerprint density at radius 1 is 1.47 bits per heavy atom. The summed E-state index contributed by atoms with van der Waals surface area (Å²) in [6, 6.07) is 1.80. The van der Waals surface area contributed by atoms with E-state index >= 15 is 0 Å². The third-order valence-electron chi connectivity index (χ3n) is 2.90. The Kier molecular flexibility index (Phi) is 4.69. The molecule has 0 aliphatic rings. The third kappa shape index (κ3) is 3.56. The van der Waals surface area contributed by atoms with E-state index in [4.69, 9.17) is 5.73 Å². The summed E-state index contributed by atoms with van der Waals surface area (Å²) in [5, 5.41) is 0. The second-order valence-corrected chi connectivity index (χ2v) is 4.68. The van der Waals surface area contributed by atoms with Gasteiger partial charge in [0.2, 0.25) is 0 Å². The van der Waals surface area contributed by atoms with Crippen LogP contribution in [0.5, 0.6) is 0 Å². The van der Waals surface area contributed by atoms with Gasteiger partial charge in [0.1, 0.15) is 11.6 Å². The standard InChI is InChI=1S/C12H22N4O/c1-8(2)12-14-10(7-11(17)15-12)16(4)9(3)5-6-13/h7-9H,5-6,13H2,1-4H3,(H,14,15,17). The molecule has 0 aliphatic carbocycles. The van der Waals surface area contributed by atoms with Crippen molar-refractivity contribution < 1.29 is 0 Å². The van der Waals surface area contributed by atoms with E-state index in [1.807, 2.05) is 25.8 Å². The second-order valence-electron chi connectivity index (χ2n) is 4.68. The van der Waals surface area contributed by atoms with Crippen LogP contribution in [0.2, 0.25) is 0 Å². The number of rotatable bonds is 5. The van der Waals surface area contributed by atoms with Gasteiger partial charge in [-0.3, -0.25) is 4.79 Å². The Hall–Kier alpha value is -1.36. The first-order chi connectivity index (χ1) is 7.95. The number of aromatic nitrogens is 2. The van der Waals surface area contributed by atoms with E-state index in [2.05, 4.69) is 16.9 Å². The molecular formula is C12H22N4O. The number of aromatic amines is 1. The highest BCUT2D eigenvalue weighted by molar-refractivity contribution is 5.37. The van der Waals surface area contributed by atoms with Crippen LogP contribution in [-0.2, 0) is 0 Å². The summed E-state index contributed by atoms with van der Waals surface area (Å²) in [7, 11) is 1.94. The predicted octanol–water partition coefficient (Wildman–Crippen LogP) is 1.07. The van der Waals surface area contributed by atoms with Gasteiger partial charge in [-0.2, -0.15) is 0 Å². The van der Waals surface area contributed by atoms with Gasteiger partial charge in [-0.05, 0) is 19.9 Å². The number of hydrogen-bond acceptors (Lipinski definition) is 4. The van der Waals surface area contributed by atoms with Crippen LogP contribution in [0.4, 0.5) is 5.82 Å². The van der Waals surface area contributed by atoms with Crippen LogP contribution in [0.3, 0.4) is 0 Å². The lowest BCUT2D eigenvalue weighted by atomic mass is 10.2. The molecule has 5 nitrogen and oxygen atoms in total. The molecule has 0 saturated heterocycles. The summed E-state index contributed by atoms with van der Waals surface area (Å²) in [4.78, 5) is 20.8. The third-order valence-corrected chi connectivity index (χ3v) is 2.90. The lowest BCUT2D eigenvalue weighted by Gasteiger charge is -2.25. The minimum absolute atomic E-state index is 0.106. The normalized spacial score (nSPS) is 12.8. The first kappa shape index (κ1) is 13.7. The zero-order valence-corrected chi connectivity index (χ0v) is 11.0. The fourth-order valence-corrected chi connectivity index (χ4v) is 1.58. The zero-order chi connectivity index (χ0) is 13.0. The highest BCUT2D eigenvalue weighted by Gasteiger charge is 2.13. The minimum atomic E-state index is -0.106. The number of H-pyrrole nitrogens is 1. The molecule has 0 amide bonds. The van der Waals surface area contributed by atoms with Gasteiger partial charge < -0.3 is 15.6 Å². The minimum Gasteiger partial charge on any atom is -0.357 e. The summed E-state index contributed by atoms with van der Waals surface area (Å²) < 4.78 is 0. The van der Waals surface area contributed by atoms with Crippen LogP contribution in [0.1, 0.15) is 38.9 Å². The van der Waals surface area contributed by atoms with Crippen LogP contribution < -0.4 is 16.2 Å². The maximum atomic E-state index is 11.6. The average molecular weight is 238 g/mol. The van der Waals surface area contributed by atoms with E-state index in [1.165, 1.54) is 6.07 Å². The maximum Gasteiger partial charge on any atom is 0.252 e. The molecule has 1 aromatic heterocycles. The van der Waals surface area contributed by atoms with Gasteiger partial charge in [-0.1, -0.05) is 13.8 Å². The Morgan fingerprint density at radius 3 is 2.65 bits per heavy atom. The summed E-state index contributed by atoms with van der Waals surface area (Å²) in [6.45, 7) is 6.72. The smallest absolute Gasteiger partial charge is 0.252 e. The van der Waals surface area contributed by atoms with Crippen molar-refractivity contribution in [3.05, 3.63) is 22.2 Å². The summed E-state index contributed by atoms with van der Waals surface area (Å²) in [5.74, 6) is 1.64. The summed E-state index contributed by atoms with van der Waals surface area (Å²) in [5.41, 5.74) is 5.43. The van der Waals surface area contributed by atoms with Crippen molar-refractivity contribution in [1.82, 2.24) is 9.97 Å². The number of anilines is 1. The fraction of sp³-hybridized carbons (Fsp3) is 0.667. The molecule has 0 fully saturated rings. The van der Waals surface area contributed by atoms with Gasteiger partial charge in [0.05, 0.1) is 0 Å². The Morgan fingerprint density at radius 2 is 2.12 bits per heavy atom. The van der Waals surface area contributed by atoms with Crippen LogP contribution in [-0.4, -0.2) is 29.6 Å². The van der Waals surface area contributed by atoms with Crippen molar-refractivity contribution in [2.45, 2.75) is 39.2 Å². The molecule has 5 heteroatoms. The molecule has 0 bridgehead atoms. The largest absolute Gasteiger partial charge is 0.357 e. The zero-order valence-electron chi connectivity index (χ0n) is 11.0. The molecule has 1 atom stereocenters. The SMILES string of the molecule is CC(C)c1nc(N(C)C(C)CCN)cc(=O)[nH]1. The van der Waals surface area contributed by atoms with Crippen molar-refractivity contribution in [3.63, 3.8) is 0 Å². The molecule has 0 radical (unpaired) electrons. The fourth-order valence-electron chi connectivity index (χ4n) is 1.58. The van der Waals surface area contributed by atoms with E-state index in [0.717, 1.165) is 12.2 Å². The summed E-state index contributed by atoms with van der Waals surface area (Å²) >= 11 is 0. The van der Waals surface area contributed by atoms with Gasteiger partial charge in [-0.25, -0.2) is 4.98 Å². The van der Waals surface area contributed by atoms with Gasteiger partial charge in [0.15, 0.2) is 0 Å². The first-order valence-corrected chi connectivity index (χ1v) is 5.99. The van der Waals surface area contributed by atoms with Gasteiger partial charge in [0.25, 0.3) is 5.56 Å². The average Bonchev–Trinajstić information content (AvgIpc) is 2.27. The monoisotopic (exact) mass is 238 g/mol. The topological polar surface area (TPSA) is 75.0 Å². The van der Waals surface area contributed by atoms with E-state index in [1.54, 1.807) is 0 Å². The number of hydrogen-bond donors (Lipinski definition) is 2. The lowest BCUT2D eigenvalue weighted by molar-refractivity contribution is 0.624. The second kappa shape index (κ2) is 5.82. The first-order valence-electron chi connectivity index (χ1n) is 5.99. The highest BCUT2D eigenvalue weighted by Crippen LogP contribution is 2.14. The maximum absolute atomic E-state index is 11.6. The predicted molar refractivity (Wildman–Crippen MR) is 70.5 cm³/mol. The van der Waals surface area contributed by atoms with Crippen molar-refractivity contribution in [1.29, 1.82) is 0 Å². The Labute approximate surface area is 102 Å². The lowest BCUT2D eigenvalue weighted by Crippen LogP contribution is -2.33. The highest BCUT2D eigenvalue weighted by atomic mass is 16.1. The van der Waals surface area contributed by atoms with Crippen LogP contribution in [0.15, 0.2) is 10.9 Å². The van der Waals surface area contributed by atoms with Gasteiger partial charge in [-0.15, -0.1) is 0 Å². The van der Waals surface area contributed by atoms with Gasteiger partial charge in [0, 0.05) is 25.1 Å². The molecule has 1 rings (SSSR count). The molecule has 17 heavy (non-hydrogen) atoms. The molecule has 0 spiro atoms. The molecule has 1 unspecified atom stereocenters. The Bertz CT molecular complexity index is 413. The van der Waals surface area contributed by atoms with Crippen molar-refractivity contribution in [2.75, 3.05) is 18.5 Å². The molecular weight excluding hydrogens is 216 g/mol.